The molecule has 1 N–H and O–H groups in total. The van der Waals surface area contributed by atoms with E-state index in [2.05, 4.69) is 73.4 Å². The van der Waals surface area contributed by atoms with E-state index < -0.39 is 11.5 Å². The van der Waals surface area contributed by atoms with Gasteiger partial charge in [0, 0.05) is 65.0 Å². The van der Waals surface area contributed by atoms with E-state index in [0.717, 1.165) is 80.0 Å². The molecule has 2 aliphatic heterocycles. The van der Waals surface area contributed by atoms with Crippen molar-refractivity contribution in [1.82, 2.24) is 20.0 Å². The highest BCUT2D eigenvalue weighted by Crippen LogP contribution is 2.43. The van der Waals surface area contributed by atoms with Crippen molar-refractivity contribution in [2.45, 2.75) is 50.5 Å². The van der Waals surface area contributed by atoms with Gasteiger partial charge in [-0.25, -0.2) is 4.79 Å². The number of piperidine rings is 1. The van der Waals surface area contributed by atoms with Gasteiger partial charge in [0.2, 0.25) is 0 Å². The summed E-state index contributed by atoms with van der Waals surface area (Å²) in [5.74, 6) is 2.41. The topological polar surface area (TPSA) is 98.9 Å². The third-order valence-electron chi connectivity index (χ3n) is 9.40. The van der Waals surface area contributed by atoms with Gasteiger partial charge in [0.05, 0.1) is 16.0 Å². The van der Waals surface area contributed by atoms with Crippen LogP contribution in [0.5, 0.6) is 5.75 Å². The SMILES string of the molecule is CCCC(CC(C#N)(c1ccccc1)C1CCN(CC2CN(c3ccc(OSN(C)c4nn(C)cc4Br)cc3)C2)CC1)OC(=O)NC. The number of likely N-dealkylation sites (tertiary alicyclic amines) is 1. The first kappa shape index (κ1) is 34.9. The van der Waals surface area contributed by atoms with Gasteiger partial charge < -0.3 is 24.0 Å². The fourth-order valence-electron chi connectivity index (χ4n) is 6.93. The van der Waals surface area contributed by atoms with Crippen LogP contribution in [0.3, 0.4) is 0 Å². The highest BCUT2D eigenvalue weighted by Gasteiger charge is 2.45. The van der Waals surface area contributed by atoms with Crippen LogP contribution < -0.4 is 18.7 Å². The third kappa shape index (κ3) is 8.55. The van der Waals surface area contributed by atoms with Crippen LogP contribution in [0.25, 0.3) is 0 Å². The zero-order valence-electron chi connectivity index (χ0n) is 27.8. The molecule has 0 radical (unpaired) electrons. The number of amides is 1. The van der Waals surface area contributed by atoms with Gasteiger partial charge in [0.15, 0.2) is 18.0 Å². The normalized spacial score (nSPS) is 17.7. The van der Waals surface area contributed by atoms with E-state index in [-0.39, 0.29) is 12.0 Å². The Bertz CT molecular complexity index is 1490. The number of halogens is 1. The van der Waals surface area contributed by atoms with Crippen molar-refractivity contribution in [1.29, 1.82) is 5.26 Å². The van der Waals surface area contributed by atoms with Gasteiger partial charge in [-0.15, -0.1) is 0 Å². The maximum absolute atomic E-state index is 12.2. The smallest absolute Gasteiger partial charge is 0.407 e. The van der Waals surface area contributed by atoms with Gasteiger partial charge in [0.1, 0.15) is 11.9 Å². The van der Waals surface area contributed by atoms with Crippen LogP contribution in [0, 0.1) is 23.2 Å². The maximum Gasteiger partial charge on any atom is 0.407 e. The van der Waals surface area contributed by atoms with Crippen molar-refractivity contribution in [2.75, 3.05) is 56.0 Å². The third-order valence-corrected chi connectivity index (χ3v) is 10.6. The largest absolute Gasteiger partial charge is 0.446 e. The first-order valence-corrected chi connectivity index (χ1v) is 17.9. The number of alkyl carbamates (subject to hydrolysis) is 1. The first-order valence-electron chi connectivity index (χ1n) is 16.4. The molecule has 2 saturated heterocycles. The molecule has 2 aliphatic rings. The lowest BCUT2D eigenvalue weighted by atomic mass is 9.64. The molecule has 3 heterocycles. The highest BCUT2D eigenvalue weighted by molar-refractivity contribution is 9.10. The van der Waals surface area contributed by atoms with E-state index in [1.807, 2.05) is 54.9 Å². The molecular formula is C35H46BrN7O3S. The maximum atomic E-state index is 12.2. The van der Waals surface area contributed by atoms with Crippen LogP contribution in [0.1, 0.15) is 44.6 Å². The van der Waals surface area contributed by atoms with E-state index in [1.165, 1.54) is 17.9 Å². The molecule has 2 unspecified atom stereocenters. The molecule has 2 aromatic carbocycles. The second-order valence-electron chi connectivity index (χ2n) is 12.7. The Balaban J connectivity index is 1.11. The van der Waals surface area contributed by atoms with E-state index in [9.17, 15) is 10.1 Å². The quantitative estimate of drug-likeness (QED) is 0.143. The number of carbonyl (C=O) groups is 1. The van der Waals surface area contributed by atoms with Crippen molar-refractivity contribution < 1.29 is 13.7 Å². The number of hydrogen-bond acceptors (Lipinski definition) is 9. The van der Waals surface area contributed by atoms with Crippen LogP contribution >= 0.6 is 28.2 Å². The minimum absolute atomic E-state index is 0.195. The average molecular weight is 725 g/mol. The Morgan fingerprint density at radius 1 is 1.19 bits per heavy atom. The summed E-state index contributed by atoms with van der Waals surface area (Å²) < 4.78 is 16.3. The monoisotopic (exact) mass is 723 g/mol. The van der Waals surface area contributed by atoms with Gasteiger partial charge in [-0.1, -0.05) is 43.7 Å². The molecular weight excluding hydrogens is 678 g/mol. The summed E-state index contributed by atoms with van der Waals surface area (Å²) in [6, 6.07) is 21.2. The average Bonchev–Trinajstić information content (AvgIpc) is 3.42. The Labute approximate surface area is 291 Å². The molecule has 0 spiro atoms. The van der Waals surface area contributed by atoms with Gasteiger partial charge in [-0.3, -0.25) is 8.99 Å². The lowest BCUT2D eigenvalue weighted by Gasteiger charge is -2.46. The number of hydrogen-bond donors (Lipinski definition) is 1. The van der Waals surface area contributed by atoms with Gasteiger partial charge in [-0.2, -0.15) is 10.4 Å². The minimum Gasteiger partial charge on any atom is -0.446 e. The summed E-state index contributed by atoms with van der Waals surface area (Å²) >= 11 is 4.77. The molecule has 2 fully saturated rings. The minimum atomic E-state index is -0.701. The molecule has 3 aromatic rings. The summed E-state index contributed by atoms with van der Waals surface area (Å²) in [4.78, 5) is 17.1. The molecule has 47 heavy (non-hydrogen) atoms. The van der Waals surface area contributed by atoms with E-state index in [1.54, 1.807) is 11.7 Å². The zero-order chi connectivity index (χ0) is 33.4. The Kier molecular flexibility index (Phi) is 12.0. The molecule has 0 bridgehead atoms. The lowest BCUT2D eigenvalue weighted by molar-refractivity contribution is 0.0578. The number of anilines is 2. The van der Waals surface area contributed by atoms with Crippen LogP contribution in [0.15, 0.2) is 65.3 Å². The fourth-order valence-corrected chi connectivity index (χ4v) is 8.20. The highest BCUT2D eigenvalue weighted by atomic mass is 79.9. The second kappa shape index (κ2) is 16.1. The number of carbonyl (C=O) groups excluding carboxylic acids is 1. The second-order valence-corrected chi connectivity index (χ2v) is 14.4. The molecule has 5 rings (SSSR count). The predicted molar refractivity (Wildman–Crippen MR) is 191 cm³/mol. The van der Waals surface area contributed by atoms with Crippen LogP contribution in [-0.4, -0.2) is 73.7 Å². The van der Waals surface area contributed by atoms with Crippen molar-refractivity contribution in [3.05, 3.63) is 70.8 Å². The molecule has 12 heteroatoms. The number of ether oxygens (including phenoxy) is 1. The number of aryl methyl sites for hydroxylation is 1. The zero-order valence-corrected chi connectivity index (χ0v) is 30.2. The van der Waals surface area contributed by atoms with E-state index in [4.69, 9.17) is 8.92 Å². The molecule has 0 saturated carbocycles. The van der Waals surface area contributed by atoms with Crippen LogP contribution in [0.4, 0.5) is 16.3 Å². The molecule has 2 atom stereocenters. The summed E-state index contributed by atoms with van der Waals surface area (Å²) in [6.45, 7) is 7.17. The number of nitrogens with zero attached hydrogens (tertiary/aromatic N) is 6. The van der Waals surface area contributed by atoms with Crippen LogP contribution in [-0.2, 0) is 17.2 Å². The molecule has 1 aromatic heterocycles. The van der Waals surface area contributed by atoms with Crippen LogP contribution in [0.2, 0.25) is 0 Å². The van der Waals surface area contributed by atoms with Gasteiger partial charge in [0.25, 0.3) is 0 Å². The van der Waals surface area contributed by atoms with E-state index >= 15 is 0 Å². The Hall–Kier alpha value is -3.40. The molecule has 0 aliphatic carbocycles. The van der Waals surface area contributed by atoms with Crippen molar-refractivity contribution in [2.24, 2.45) is 18.9 Å². The lowest BCUT2D eigenvalue weighted by Crippen LogP contribution is -2.53. The Morgan fingerprint density at radius 2 is 1.89 bits per heavy atom. The van der Waals surface area contributed by atoms with Gasteiger partial charge >= 0.3 is 6.09 Å². The number of aromatic nitrogens is 2. The van der Waals surface area contributed by atoms with Crippen molar-refractivity contribution in [3.8, 4) is 11.8 Å². The fraction of sp³-hybridized carbons (Fsp3) is 0.514. The molecule has 1 amide bonds. The predicted octanol–water partition coefficient (Wildman–Crippen LogP) is 6.79. The number of nitrogens with one attached hydrogen (secondary N) is 1. The van der Waals surface area contributed by atoms with E-state index in [0.29, 0.717) is 12.3 Å². The number of rotatable bonds is 14. The summed E-state index contributed by atoms with van der Waals surface area (Å²) in [6.07, 6.45) is 5.19. The number of nitriles is 1. The standard InChI is InChI=1S/C35H46BrN7O3S/c1-5-9-31(45-34(44)38-2)20-35(25-37,27-10-7-6-8-11-27)28-16-18-42(19-17-28)21-26-22-43(23-26)29-12-14-30(15-13-29)46-47-41(4)33-32(36)24-40(3)39-33/h6-8,10-15,24,26,28,31H,5,9,16-23H2,1-4H3,(H,38,44). The summed E-state index contributed by atoms with van der Waals surface area (Å²) in [7, 11) is 5.39. The summed E-state index contributed by atoms with van der Waals surface area (Å²) in [5, 5.41) is 17.8. The van der Waals surface area contributed by atoms with Crippen molar-refractivity contribution in [3.63, 3.8) is 0 Å². The summed E-state index contributed by atoms with van der Waals surface area (Å²) in [5.41, 5.74) is 1.54. The molecule has 10 nitrogen and oxygen atoms in total. The number of benzene rings is 2. The molecule has 252 valence electrons. The Morgan fingerprint density at radius 3 is 2.49 bits per heavy atom. The van der Waals surface area contributed by atoms with Crippen molar-refractivity contribution >= 4 is 45.8 Å². The first-order chi connectivity index (χ1) is 22.7. The van der Waals surface area contributed by atoms with Gasteiger partial charge in [-0.05, 0) is 84.0 Å².